The number of carbonyl (C=O) groups excluding carboxylic acids is 2. The average molecular weight is 551 g/mol. The van der Waals surface area contributed by atoms with E-state index in [1.807, 2.05) is 32.9 Å². The highest BCUT2D eigenvalue weighted by Crippen LogP contribution is 2.72. The molecule has 0 aliphatic heterocycles. The molecule has 3 N–H and O–H groups in total. The minimum atomic E-state index is -1.95. The van der Waals surface area contributed by atoms with E-state index < -0.39 is 34.1 Å². The second kappa shape index (κ2) is 8.66. The van der Waals surface area contributed by atoms with Crippen LogP contribution in [0.25, 0.3) is 0 Å². The SMILES string of the molecule is Cc1ccc(C(=O)Nc2nc([C@@]3(O)[C@H](C)C[C@H]4[C@@H]5CCC6=CC(=O)C=C[C@]6(C)[C@@]5(F)[C@@H](O)C[C@@]43C)cs2)cc1. The minimum absolute atomic E-state index is 0.0682. The molecule has 1 heterocycles. The molecule has 6 rings (SSSR count). The Morgan fingerprint density at radius 1 is 1.21 bits per heavy atom. The van der Waals surface area contributed by atoms with Gasteiger partial charge in [-0.2, -0.15) is 0 Å². The number of halogens is 1. The second-order valence-electron chi connectivity index (χ2n) is 12.5. The maximum Gasteiger partial charge on any atom is 0.257 e. The Morgan fingerprint density at radius 3 is 2.64 bits per heavy atom. The summed E-state index contributed by atoms with van der Waals surface area (Å²) in [7, 11) is 0. The standard InChI is InChI=1S/C31H35FN2O4S/c1-17-5-7-19(8-6-17)26(37)34-27-33-24(16-39-27)31(38)18(2)13-23-22-10-9-20-14-21(35)11-12-28(20,3)30(22,32)25(36)15-29(23,31)4/h5-8,11-12,14,16,18,22-23,25,36,38H,9-10,13,15H2,1-4H3,(H,33,34,37)/t18-,22+,23+,25+,28+,29+,30+,31+/m1/s1. The highest BCUT2D eigenvalue weighted by molar-refractivity contribution is 7.14. The summed E-state index contributed by atoms with van der Waals surface area (Å²) < 4.78 is 17.4. The predicted octanol–water partition coefficient (Wildman–Crippen LogP) is 5.51. The number of nitrogens with zero attached hydrogens (tertiary/aromatic N) is 1. The van der Waals surface area contributed by atoms with Crippen molar-refractivity contribution in [2.45, 2.75) is 70.8 Å². The van der Waals surface area contributed by atoms with Gasteiger partial charge in [0.2, 0.25) is 0 Å². The molecule has 1 aromatic heterocycles. The van der Waals surface area contributed by atoms with Crippen molar-refractivity contribution >= 4 is 28.2 Å². The zero-order valence-electron chi connectivity index (χ0n) is 22.7. The topological polar surface area (TPSA) is 99.5 Å². The summed E-state index contributed by atoms with van der Waals surface area (Å²) in [6.07, 6.45) is 5.03. The molecule has 206 valence electrons. The number of allylic oxidation sites excluding steroid dienone is 4. The molecule has 6 nitrogen and oxygen atoms in total. The molecular weight excluding hydrogens is 515 g/mol. The van der Waals surface area contributed by atoms with Gasteiger partial charge < -0.3 is 10.2 Å². The van der Waals surface area contributed by atoms with E-state index in [2.05, 4.69) is 10.3 Å². The normalized spacial score (nSPS) is 40.9. The molecule has 0 unspecified atom stereocenters. The summed E-state index contributed by atoms with van der Waals surface area (Å²) in [6.45, 7) is 7.68. The molecule has 4 aliphatic rings. The van der Waals surface area contributed by atoms with Crippen LogP contribution in [0.4, 0.5) is 9.52 Å². The van der Waals surface area contributed by atoms with Gasteiger partial charge in [0.25, 0.3) is 5.91 Å². The van der Waals surface area contributed by atoms with Gasteiger partial charge in [-0.3, -0.25) is 14.9 Å². The number of hydrogen-bond donors (Lipinski definition) is 3. The Kier molecular flexibility index (Phi) is 5.89. The first-order valence-corrected chi connectivity index (χ1v) is 14.6. The third kappa shape index (κ3) is 3.47. The van der Waals surface area contributed by atoms with Crippen LogP contribution in [0.2, 0.25) is 0 Å². The van der Waals surface area contributed by atoms with E-state index in [0.29, 0.717) is 35.7 Å². The third-order valence-corrected chi connectivity index (χ3v) is 11.4. The van der Waals surface area contributed by atoms with Crippen LogP contribution in [0, 0.1) is 35.5 Å². The van der Waals surface area contributed by atoms with Gasteiger partial charge in [0.15, 0.2) is 16.6 Å². The number of nitrogens with one attached hydrogen (secondary N) is 1. The number of thiazole rings is 1. The fourth-order valence-electron chi connectivity index (χ4n) is 8.47. The van der Waals surface area contributed by atoms with Crippen molar-refractivity contribution in [2.24, 2.45) is 28.6 Å². The van der Waals surface area contributed by atoms with Crippen molar-refractivity contribution in [3.63, 3.8) is 0 Å². The highest BCUT2D eigenvalue weighted by atomic mass is 32.1. The zero-order valence-corrected chi connectivity index (χ0v) is 23.5. The van der Waals surface area contributed by atoms with Crippen LogP contribution >= 0.6 is 11.3 Å². The van der Waals surface area contributed by atoms with Crippen molar-refractivity contribution in [3.05, 3.63) is 70.3 Å². The van der Waals surface area contributed by atoms with Crippen molar-refractivity contribution < 1.29 is 24.2 Å². The number of amides is 1. The van der Waals surface area contributed by atoms with Gasteiger partial charge in [-0.15, -0.1) is 11.3 Å². The van der Waals surface area contributed by atoms with Gasteiger partial charge in [0.05, 0.1) is 11.8 Å². The number of benzene rings is 1. The number of aryl methyl sites for hydroxylation is 1. The number of fused-ring (bicyclic) bond motifs is 5. The summed E-state index contributed by atoms with van der Waals surface area (Å²) in [5.74, 6) is -1.33. The quantitative estimate of drug-likeness (QED) is 0.468. The number of hydrogen-bond acceptors (Lipinski definition) is 6. The van der Waals surface area contributed by atoms with E-state index >= 15 is 4.39 Å². The monoisotopic (exact) mass is 550 g/mol. The number of carbonyl (C=O) groups is 2. The van der Waals surface area contributed by atoms with Crippen molar-refractivity contribution in [3.8, 4) is 0 Å². The van der Waals surface area contributed by atoms with E-state index in [0.717, 1.165) is 11.1 Å². The van der Waals surface area contributed by atoms with Crippen LogP contribution in [0.3, 0.4) is 0 Å². The summed E-state index contributed by atoms with van der Waals surface area (Å²) in [6, 6.07) is 7.26. The second-order valence-corrected chi connectivity index (χ2v) is 13.4. The largest absolute Gasteiger partial charge is 0.390 e. The number of ketones is 1. The molecule has 1 amide bonds. The molecule has 3 saturated carbocycles. The van der Waals surface area contributed by atoms with Crippen LogP contribution in [0.5, 0.6) is 0 Å². The molecule has 0 saturated heterocycles. The lowest BCUT2D eigenvalue weighted by Gasteiger charge is -2.62. The van der Waals surface area contributed by atoms with E-state index in [1.165, 1.54) is 23.5 Å². The Hall–Kier alpha value is -2.68. The predicted molar refractivity (Wildman–Crippen MR) is 148 cm³/mol. The molecule has 4 aliphatic carbocycles. The molecule has 39 heavy (non-hydrogen) atoms. The fourth-order valence-corrected chi connectivity index (χ4v) is 9.23. The van der Waals surface area contributed by atoms with Gasteiger partial charge >= 0.3 is 0 Å². The fraction of sp³-hybridized carbons (Fsp3) is 0.516. The summed E-state index contributed by atoms with van der Waals surface area (Å²) in [4.78, 5) is 29.5. The smallest absolute Gasteiger partial charge is 0.257 e. The van der Waals surface area contributed by atoms with Gasteiger partial charge in [0.1, 0.15) is 5.60 Å². The van der Waals surface area contributed by atoms with E-state index in [-0.39, 0.29) is 29.9 Å². The number of aliphatic hydroxyl groups excluding tert-OH is 1. The van der Waals surface area contributed by atoms with Crippen LogP contribution in [0.15, 0.2) is 53.4 Å². The minimum Gasteiger partial charge on any atom is -0.390 e. The zero-order chi connectivity index (χ0) is 28.0. The van der Waals surface area contributed by atoms with Crippen molar-refractivity contribution in [1.29, 1.82) is 0 Å². The molecule has 0 radical (unpaired) electrons. The van der Waals surface area contributed by atoms with Crippen LogP contribution in [0.1, 0.15) is 68.1 Å². The van der Waals surface area contributed by atoms with Crippen molar-refractivity contribution in [2.75, 3.05) is 5.32 Å². The molecule has 8 heteroatoms. The maximum atomic E-state index is 17.4. The maximum absolute atomic E-state index is 17.4. The molecule has 1 aromatic carbocycles. The Bertz CT molecular complexity index is 1420. The average Bonchev–Trinajstić information content (AvgIpc) is 3.43. The molecule has 3 fully saturated rings. The lowest BCUT2D eigenvalue weighted by Crippen LogP contribution is -2.68. The molecule has 8 atom stereocenters. The Labute approximate surface area is 232 Å². The summed E-state index contributed by atoms with van der Waals surface area (Å²) >= 11 is 1.25. The highest BCUT2D eigenvalue weighted by Gasteiger charge is 2.74. The lowest BCUT2D eigenvalue weighted by atomic mass is 9.44. The van der Waals surface area contributed by atoms with Gasteiger partial charge in [-0.05, 0) is 75.7 Å². The number of alkyl halides is 1. The van der Waals surface area contributed by atoms with Crippen LogP contribution in [-0.2, 0) is 10.4 Å². The third-order valence-electron chi connectivity index (χ3n) is 10.7. The Balaban J connectivity index is 1.33. The molecule has 2 aromatic rings. The number of anilines is 1. The molecular formula is C31H35FN2O4S. The van der Waals surface area contributed by atoms with Crippen LogP contribution < -0.4 is 5.32 Å². The van der Waals surface area contributed by atoms with Gasteiger partial charge in [-0.1, -0.05) is 43.2 Å². The first-order valence-electron chi connectivity index (χ1n) is 13.7. The van der Waals surface area contributed by atoms with Crippen LogP contribution in [-0.4, -0.2) is 38.7 Å². The molecule has 0 bridgehead atoms. The van der Waals surface area contributed by atoms with E-state index in [4.69, 9.17) is 0 Å². The first-order chi connectivity index (χ1) is 18.3. The Morgan fingerprint density at radius 2 is 1.92 bits per heavy atom. The van der Waals surface area contributed by atoms with Gasteiger partial charge in [0, 0.05) is 27.7 Å². The van der Waals surface area contributed by atoms with E-state index in [1.54, 1.807) is 30.5 Å². The van der Waals surface area contributed by atoms with Crippen molar-refractivity contribution in [1.82, 2.24) is 4.98 Å². The summed E-state index contributed by atoms with van der Waals surface area (Å²) in [5, 5.41) is 29.0. The van der Waals surface area contributed by atoms with E-state index in [9.17, 15) is 19.8 Å². The lowest BCUT2D eigenvalue weighted by molar-refractivity contribution is -0.223. The number of rotatable bonds is 3. The van der Waals surface area contributed by atoms with Gasteiger partial charge in [-0.25, -0.2) is 9.37 Å². The molecule has 0 spiro atoms. The number of aromatic nitrogens is 1. The number of aliphatic hydroxyl groups is 2. The first kappa shape index (κ1) is 26.5. The summed E-state index contributed by atoms with van der Waals surface area (Å²) in [5.41, 5.74) is -2.48.